The van der Waals surface area contributed by atoms with Crippen LogP contribution in [0.3, 0.4) is 0 Å². The van der Waals surface area contributed by atoms with Gasteiger partial charge in [0.1, 0.15) is 5.82 Å². The number of piperazine rings is 1. The van der Waals surface area contributed by atoms with Gasteiger partial charge in [0.05, 0.1) is 0 Å². The Morgan fingerprint density at radius 3 is 2.29 bits per heavy atom. The van der Waals surface area contributed by atoms with Gasteiger partial charge in [-0.15, -0.1) is 0 Å². The van der Waals surface area contributed by atoms with Gasteiger partial charge in [-0.3, -0.25) is 4.79 Å². The molecule has 1 aromatic heterocycles. The number of nitrogens with one attached hydrogen (secondary N) is 1. The number of anilines is 3. The molecular weight excluding hydrogens is 350 g/mol. The van der Waals surface area contributed by atoms with Gasteiger partial charge < -0.3 is 15.1 Å². The summed E-state index contributed by atoms with van der Waals surface area (Å²) < 4.78 is 0. The Morgan fingerprint density at radius 2 is 1.68 bits per heavy atom. The third-order valence-corrected chi connectivity index (χ3v) is 5.38. The molecule has 1 aliphatic rings. The fourth-order valence-corrected chi connectivity index (χ4v) is 3.57. The molecule has 3 rings (SSSR count). The number of aryl methyl sites for hydroxylation is 2. The summed E-state index contributed by atoms with van der Waals surface area (Å²) >= 11 is 0. The molecule has 1 N–H and O–H groups in total. The molecule has 0 radical (unpaired) electrons. The molecule has 0 spiro atoms. The van der Waals surface area contributed by atoms with Crippen molar-refractivity contribution in [2.75, 3.05) is 36.4 Å². The van der Waals surface area contributed by atoms with Crippen molar-refractivity contribution in [1.29, 1.82) is 0 Å². The Balaban J connectivity index is 1.67. The van der Waals surface area contributed by atoms with E-state index in [1.165, 1.54) is 5.56 Å². The summed E-state index contributed by atoms with van der Waals surface area (Å²) in [5.74, 6) is 1.95. The van der Waals surface area contributed by atoms with Gasteiger partial charge in [-0.25, -0.2) is 4.98 Å². The third kappa shape index (κ3) is 4.80. The van der Waals surface area contributed by atoms with Crippen molar-refractivity contribution in [3.63, 3.8) is 0 Å². The Bertz CT molecular complexity index is 793. The van der Waals surface area contributed by atoms with Crippen LogP contribution in [0.25, 0.3) is 0 Å². The lowest BCUT2D eigenvalue weighted by Gasteiger charge is -2.36. The summed E-state index contributed by atoms with van der Waals surface area (Å²) in [6, 6.07) is 10.2. The fraction of sp³-hybridized carbons (Fsp3) is 0.500. The lowest BCUT2D eigenvalue weighted by atomic mass is 10.0. The second-order valence-electron chi connectivity index (χ2n) is 7.51. The summed E-state index contributed by atoms with van der Waals surface area (Å²) in [5.41, 5.74) is 3.16. The van der Waals surface area contributed by atoms with Crippen molar-refractivity contribution in [2.45, 2.75) is 40.5 Å². The molecule has 1 saturated heterocycles. The zero-order valence-electron chi connectivity index (χ0n) is 17.4. The van der Waals surface area contributed by atoms with Crippen LogP contribution in [0.2, 0.25) is 0 Å². The van der Waals surface area contributed by atoms with Crippen molar-refractivity contribution in [1.82, 2.24) is 14.9 Å². The highest BCUT2D eigenvalue weighted by atomic mass is 16.2. The molecule has 6 heteroatoms. The standard InChI is InChI=1S/C22H31N5O/c1-5-18(6-2)21(28)26-11-13-27(14-12-26)22-23-17(4)15-20(25-22)24-19-9-7-16(3)8-10-19/h7-10,15,18H,5-6,11-14H2,1-4H3,(H,23,24,25). The van der Waals surface area contributed by atoms with Crippen LogP contribution >= 0.6 is 0 Å². The minimum Gasteiger partial charge on any atom is -0.340 e. The molecule has 0 saturated carbocycles. The maximum atomic E-state index is 12.6. The monoisotopic (exact) mass is 381 g/mol. The van der Waals surface area contributed by atoms with E-state index in [0.717, 1.165) is 62.2 Å². The summed E-state index contributed by atoms with van der Waals surface area (Å²) in [6.07, 6.45) is 1.81. The molecule has 0 atom stereocenters. The molecule has 6 nitrogen and oxygen atoms in total. The van der Waals surface area contributed by atoms with Gasteiger partial charge in [-0.05, 0) is 38.8 Å². The minimum absolute atomic E-state index is 0.145. The predicted octanol–water partition coefficient (Wildman–Crippen LogP) is 3.92. The molecule has 0 bridgehead atoms. The summed E-state index contributed by atoms with van der Waals surface area (Å²) in [5, 5.41) is 3.37. The highest BCUT2D eigenvalue weighted by Gasteiger charge is 2.26. The van der Waals surface area contributed by atoms with Crippen molar-refractivity contribution >= 4 is 23.4 Å². The number of hydrogen-bond donors (Lipinski definition) is 1. The van der Waals surface area contributed by atoms with Crippen LogP contribution in [0.1, 0.15) is 37.9 Å². The van der Waals surface area contributed by atoms with Gasteiger partial charge in [0.25, 0.3) is 0 Å². The summed E-state index contributed by atoms with van der Waals surface area (Å²) in [6.45, 7) is 11.2. The second kappa shape index (κ2) is 9.04. The van der Waals surface area contributed by atoms with E-state index < -0.39 is 0 Å². The Hall–Kier alpha value is -2.63. The zero-order chi connectivity index (χ0) is 20.1. The Morgan fingerprint density at radius 1 is 1.04 bits per heavy atom. The highest BCUT2D eigenvalue weighted by molar-refractivity contribution is 5.79. The molecule has 2 heterocycles. The van der Waals surface area contributed by atoms with Gasteiger partial charge in [0.2, 0.25) is 11.9 Å². The van der Waals surface area contributed by atoms with E-state index in [1.54, 1.807) is 0 Å². The first-order valence-electron chi connectivity index (χ1n) is 10.2. The van der Waals surface area contributed by atoms with Crippen LogP contribution in [0.15, 0.2) is 30.3 Å². The molecule has 0 aliphatic carbocycles. The highest BCUT2D eigenvalue weighted by Crippen LogP contribution is 2.21. The average Bonchev–Trinajstić information content (AvgIpc) is 2.70. The van der Waals surface area contributed by atoms with Crippen LogP contribution in [0.4, 0.5) is 17.5 Å². The van der Waals surface area contributed by atoms with Crippen molar-refractivity contribution in [2.24, 2.45) is 5.92 Å². The molecule has 1 aliphatic heterocycles. The number of aromatic nitrogens is 2. The number of carbonyl (C=O) groups excluding carboxylic acids is 1. The molecule has 1 fully saturated rings. The third-order valence-electron chi connectivity index (χ3n) is 5.38. The molecule has 28 heavy (non-hydrogen) atoms. The van der Waals surface area contributed by atoms with Gasteiger partial charge in [-0.2, -0.15) is 4.98 Å². The van der Waals surface area contributed by atoms with E-state index in [4.69, 9.17) is 4.98 Å². The minimum atomic E-state index is 0.145. The molecule has 1 amide bonds. The molecule has 150 valence electrons. The van der Waals surface area contributed by atoms with Crippen molar-refractivity contribution in [3.8, 4) is 0 Å². The van der Waals surface area contributed by atoms with E-state index in [9.17, 15) is 4.79 Å². The summed E-state index contributed by atoms with van der Waals surface area (Å²) in [7, 11) is 0. The van der Waals surface area contributed by atoms with Crippen LogP contribution in [0, 0.1) is 19.8 Å². The molecule has 1 aromatic carbocycles. The SMILES string of the molecule is CCC(CC)C(=O)N1CCN(c2nc(C)cc(Nc3ccc(C)cc3)n2)CC1. The predicted molar refractivity (Wildman–Crippen MR) is 114 cm³/mol. The lowest BCUT2D eigenvalue weighted by Crippen LogP contribution is -2.50. The second-order valence-corrected chi connectivity index (χ2v) is 7.51. The van der Waals surface area contributed by atoms with E-state index >= 15 is 0 Å². The van der Waals surface area contributed by atoms with E-state index in [1.807, 2.05) is 17.9 Å². The Labute approximate surface area is 168 Å². The van der Waals surface area contributed by atoms with Crippen LogP contribution in [-0.4, -0.2) is 47.0 Å². The summed E-state index contributed by atoms with van der Waals surface area (Å²) in [4.78, 5) is 26.1. The first-order chi connectivity index (χ1) is 13.5. The average molecular weight is 382 g/mol. The van der Waals surface area contributed by atoms with Gasteiger partial charge >= 0.3 is 0 Å². The number of rotatable bonds is 6. The first-order valence-corrected chi connectivity index (χ1v) is 10.2. The van der Waals surface area contributed by atoms with Crippen molar-refractivity contribution < 1.29 is 4.79 Å². The largest absolute Gasteiger partial charge is 0.340 e. The van der Waals surface area contributed by atoms with Crippen LogP contribution in [-0.2, 0) is 4.79 Å². The zero-order valence-corrected chi connectivity index (χ0v) is 17.4. The number of hydrogen-bond acceptors (Lipinski definition) is 5. The Kier molecular flexibility index (Phi) is 6.49. The van der Waals surface area contributed by atoms with Gasteiger partial charge in [0.15, 0.2) is 0 Å². The van der Waals surface area contributed by atoms with Gasteiger partial charge in [0, 0.05) is 49.5 Å². The molecule has 2 aromatic rings. The van der Waals surface area contributed by atoms with E-state index in [-0.39, 0.29) is 11.8 Å². The number of amides is 1. The topological polar surface area (TPSA) is 61.4 Å². The fourth-order valence-electron chi connectivity index (χ4n) is 3.57. The smallest absolute Gasteiger partial charge is 0.227 e. The first kappa shape index (κ1) is 20.1. The van der Waals surface area contributed by atoms with E-state index in [2.05, 4.69) is 60.2 Å². The normalized spacial score (nSPS) is 14.5. The van der Waals surface area contributed by atoms with E-state index in [0.29, 0.717) is 0 Å². The van der Waals surface area contributed by atoms with Crippen LogP contribution < -0.4 is 10.2 Å². The molecule has 0 unspecified atom stereocenters. The maximum absolute atomic E-state index is 12.6. The molecular formula is C22H31N5O. The quantitative estimate of drug-likeness (QED) is 0.822. The number of carbonyl (C=O) groups is 1. The van der Waals surface area contributed by atoms with Crippen molar-refractivity contribution in [3.05, 3.63) is 41.6 Å². The van der Waals surface area contributed by atoms with Crippen LogP contribution in [0.5, 0.6) is 0 Å². The van der Waals surface area contributed by atoms with Gasteiger partial charge in [-0.1, -0.05) is 31.5 Å². The number of benzene rings is 1. The maximum Gasteiger partial charge on any atom is 0.227 e. The lowest BCUT2D eigenvalue weighted by molar-refractivity contribution is -0.136. The number of nitrogens with zero attached hydrogens (tertiary/aromatic N) is 4.